The van der Waals surface area contributed by atoms with Gasteiger partial charge < -0.3 is 19.3 Å². The minimum atomic E-state index is -1.09. The maximum absolute atomic E-state index is 13.7. The third kappa shape index (κ3) is 5.81. The maximum atomic E-state index is 13.7. The Hall–Kier alpha value is -3.93. The van der Waals surface area contributed by atoms with Crippen molar-refractivity contribution in [2.45, 2.75) is 39.7 Å². The lowest BCUT2D eigenvalue weighted by Crippen LogP contribution is -2.23. The number of ether oxygens (including phenoxy) is 3. The van der Waals surface area contributed by atoms with Crippen LogP contribution in [0.3, 0.4) is 0 Å². The van der Waals surface area contributed by atoms with E-state index in [0.29, 0.717) is 37.4 Å². The SMILES string of the molecule is COc1cc(C)c(-c2nc3ccccc3c(=O)n2N=Cc2cc(I)c(O[C@H](C)C(=O)O)c(OC)c2)cc1C(C)C. The lowest BCUT2D eigenvalue weighted by Gasteiger charge is -2.17. The van der Waals surface area contributed by atoms with E-state index in [4.69, 9.17) is 19.2 Å². The van der Waals surface area contributed by atoms with E-state index in [1.807, 2.05) is 47.7 Å². The number of benzene rings is 3. The van der Waals surface area contributed by atoms with Crippen LogP contribution in [0, 0.1) is 10.5 Å². The van der Waals surface area contributed by atoms with Gasteiger partial charge in [0.2, 0.25) is 0 Å². The number of hydrogen-bond acceptors (Lipinski definition) is 7. The number of carboxylic acid groups (broad SMARTS) is 1. The molecule has 0 aliphatic heterocycles. The largest absolute Gasteiger partial charge is 0.496 e. The zero-order chi connectivity index (χ0) is 29.1. The average Bonchev–Trinajstić information content (AvgIpc) is 2.93. The zero-order valence-electron chi connectivity index (χ0n) is 23.1. The first-order valence-electron chi connectivity index (χ1n) is 12.6. The Morgan fingerprint density at radius 1 is 1.07 bits per heavy atom. The highest BCUT2D eigenvalue weighted by Crippen LogP contribution is 2.35. The number of halogens is 1. The van der Waals surface area contributed by atoms with Gasteiger partial charge in [-0.15, -0.1) is 0 Å². The molecule has 0 amide bonds. The summed E-state index contributed by atoms with van der Waals surface area (Å²) in [6, 6.07) is 14.6. The van der Waals surface area contributed by atoms with Crippen LogP contribution in [0.5, 0.6) is 17.2 Å². The lowest BCUT2D eigenvalue weighted by atomic mass is 9.96. The van der Waals surface area contributed by atoms with Gasteiger partial charge >= 0.3 is 5.97 Å². The topological polar surface area (TPSA) is 112 Å². The molecule has 0 saturated heterocycles. The lowest BCUT2D eigenvalue weighted by molar-refractivity contribution is -0.144. The van der Waals surface area contributed by atoms with Crippen molar-refractivity contribution in [3.8, 4) is 28.6 Å². The smallest absolute Gasteiger partial charge is 0.344 e. The van der Waals surface area contributed by atoms with E-state index in [1.165, 1.54) is 18.7 Å². The number of hydrogen-bond donors (Lipinski definition) is 1. The van der Waals surface area contributed by atoms with Gasteiger partial charge in [-0.25, -0.2) is 9.78 Å². The Morgan fingerprint density at radius 3 is 2.42 bits per heavy atom. The Morgan fingerprint density at radius 2 is 1.77 bits per heavy atom. The molecular formula is C30H30IN3O6. The predicted molar refractivity (Wildman–Crippen MR) is 163 cm³/mol. The summed E-state index contributed by atoms with van der Waals surface area (Å²) >= 11 is 2.05. The van der Waals surface area contributed by atoms with Gasteiger partial charge in [0, 0.05) is 5.56 Å². The van der Waals surface area contributed by atoms with E-state index >= 15 is 0 Å². The molecule has 0 aliphatic rings. The van der Waals surface area contributed by atoms with Crippen molar-refractivity contribution < 1.29 is 24.1 Å². The first-order valence-corrected chi connectivity index (χ1v) is 13.7. The van der Waals surface area contributed by atoms with Crippen LogP contribution < -0.4 is 19.8 Å². The van der Waals surface area contributed by atoms with Gasteiger partial charge in [0.05, 0.1) is 34.9 Å². The molecule has 0 fully saturated rings. The molecule has 1 atom stereocenters. The van der Waals surface area contributed by atoms with Crippen LogP contribution in [-0.2, 0) is 4.79 Å². The van der Waals surface area contributed by atoms with Crippen molar-refractivity contribution in [2.24, 2.45) is 5.10 Å². The third-order valence-electron chi connectivity index (χ3n) is 6.41. The number of nitrogens with zero attached hydrogens (tertiary/aromatic N) is 3. The molecule has 3 aromatic carbocycles. The second kappa shape index (κ2) is 12.1. The summed E-state index contributed by atoms with van der Waals surface area (Å²) in [5.41, 5.74) is 3.53. The summed E-state index contributed by atoms with van der Waals surface area (Å²) in [5.74, 6) is 0.925. The second-order valence-corrected chi connectivity index (χ2v) is 10.7. The van der Waals surface area contributed by atoms with Crippen LogP contribution in [0.4, 0.5) is 0 Å². The van der Waals surface area contributed by atoms with E-state index < -0.39 is 12.1 Å². The number of aryl methyl sites for hydroxylation is 1. The van der Waals surface area contributed by atoms with E-state index in [9.17, 15) is 14.7 Å². The Kier molecular flexibility index (Phi) is 8.77. The summed E-state index contributed by atoms with van der Waals surface area (Å²) in [5, 5.41) is 14.3. The molecular weight excluding hydrogens is 625 g/mol. The van der Waals surface area contributed by atoms with Crippen molar-refractivity contribution >= 4 is 45.7 Å². The first-order chi connectivity index (χ1) is 19.0. The van der Waals surface area contributed by atoms with Crippen molar-refractivity contribution in [1.29, 1.82) is 0 Å². The predicted octanol–water partition coefficient (Wildman–Crippen LogP) is 5.85. The van der Waals surface area contributed by atoms with Crippen LogP contribution in [0.25, 0.3) is 22.3 Å². The van der Waals surface area contributed by atoms with Crippen LogP contribution in [0.15, 0.2) is 58.4 Å². The molecule has 0 unspecified atom stereocenters. The maximum Gasteiger partial charge on any atom is 0.344 e. The van der Waals surface area contributed by atoms with Gasteiger partial charge in [0.25, 0.3) is 5.56 Å². The molecule has 0 aliphatic carbocycles. The number of carboxylic acids is 1. The van der Waals surface area contributed by atoms with Crippen LogP contribution in [0.2, 0.25) is 0 Å². The van der Waals surface area contributed by atoms with Gasteiger partial charge in [-0.2, -0.15) is 9.78 Å². The highest BCUT2D eigenvalue weighted by molar-refractivity contribution is 14.1. The highest BCUT2D eigenvalue weighted by Gasteiger charge is 2.20. The van der Waals surface area contributed by atoms with E-state index in [-0.39, 0.29) is 11.5 Å². The van der Waals surface area contributed by atoms with Gasteiger partial charge in [0.1, 0.15) is 5.75 Å². The molecule has 40 heavy (non-hydrogen) atoms. The summed E-state index contributed by atoms with van der Waals surface area (Å²) < 4.78 is 18.6. The van der Waals surface area contributed by atoms with E-state index in [0.717, 1.165) is 22.4 Å². The number of aromatic nitrogens is 2. The molecule has 0 spiro atoms. The van der Waals surface area contributed by atoms with Crippen LogP contribution >= 0.6 is 22.6 Å². The molecule has 9 nitrogen and oxygen atoms in total. The number of fused-ring (bicyclic) bond motifs is 1. The van der Waals surface area contributed by atoms with E-state index in [2.05, 4.69) is 18.9 Å². The molecule has 1 aromatic heterocycles. The van der Waals surface area contributed by atoms with Gasteiger partial charge in [-0.05, 0) is 95.4 Å². The highest BCUT2D eigenvalue weighted by atomic mass is 127. The van der Waals surface area contributed by atoms with Gasteiger partial charge in [-0.1, -0.05) is 26.0 Å². The number of aliphatic carboxylic acids is 1. The molecule has 0 bridgehead atoms. The number of methoxy groups -OCH3 is 2. The fraction of sp³-hybridized carbons (Fsp3) is 0.267. The monoisotopic (exact) mass is 655 g/mol. The summed E-state index contributed by atoms with van der Waals surface area (Å²) in [6.07, 6.45) is 0.480. The Balaban J connectivity index is 1.90. The average molecular weight is 655 g/mol. The fourth-order valence-corrected chi connectivity index (χ4v) is 5.01. The fourth-order valence-electron chi connectivity index (χ4n) is 4.25. The molecule has 1 heterocycles. The number of rotatable bonds is 9. The standard InChI is InChI=1S/C30H30IN3O6/c1-16(2)21-14-22(17(3)11-25(21)38-5)28-33-24-10-8-7-9-20(24)29(35)34(28)32-15-19-12-23(31)27(26(13-19)39-6)40-18(4)30(36)37/h7-16,18H,1-6H3,(H,36,37)/t18-/m1/s1. The summed E-state index contributed by atoms with van der Waals surface area (Å²) in [7, 11) is 3.11. The molecule has 1 N–H and O–H groups in total. The van der Waals surface area contributed by atoms with Crippen molar-refractivity contribution in [3.05, 3.63) is 79.1 Å². The normalized spacial score (nSPS) is 12.2. The zero-order valence-corrected chi connectivity index (χ0v) is 25.2. The third-order valence-corrected chi connectivity index (χ3v) is 7.21. The Bertz CT molecular complexity index is 1680. The molecule has 0 radical (unpaired) electrons. The van der Waals surface area contributed by atoms with Crippen molar-refractivity contribution in [3.63, 3.8) is 0 Å². The quantitative estimate of drug-likeness (QED) is 0.178. The summed E-state index contributed by atoms with van der Waals surface area (Å²) in [4.78, 5) is 29.9. The Labute approximate surface area is 245 Å². The van der Waals surface area contributed by atoms with Crippen molar-refractivity contribution in [1.82, 2.24) is 9.66 Å². The van der Waals surface area contributed by atoms with Gasteiger partial charge in [0.15, 0.2) is 23.4 Å². The molecule has 4 rings (SSSR count). The number of carbonyl (C=O) groups is 1. The van der Waals surface area contributed by atoms with E-state index in [1.54, 1.807) is 43.7 Å². The van der Waals surface area contributed by atoms with Crippen molar-refractivity contribution in [2.75, 3.05) is 14.2 Å². The van der Waals surface area contributed by atoms with Gasteiger partial charge in [-0.3, -0.25) is 4.79 Å². The summed E-state index contributed by atoms with van der Waals surface area (Å²) in [6.45, 7) is 7.55. The molecule has 10 heteroatoms. The minimum Gasteiger partial charge on any atom is -0.496 e. The van der Waals surface area contributed by atoms with Crippen LogP contribution in [0.1, 0.15) is 43.4 Å². The molecule has 4 aromatic rings. The first kappa shape index (κ1) is 29.1. The second-order valence-electron chi connectivity index (χ2n) is 9.51. The van der Waals surface area contributed by atoms with Crippen LogP contribution in [-0.4, -0.2) is 47.3 Å². The number of para-hydroxylation sites is 1. The minimum absolute atomic E-state index is 0.178. The molecule has 0 saturated carbocycles. The molecule has 208 valence electrons.